The number of carbonyl (C=O) groups excluding carboxylic acids is 1. The van der Waals surface area contributed by atoms with E-state index in [0.29, 0.717) is 42.3 Å². The monoisotopic (exact) mass is 418 g/mol. The minimum Gasteiger partial charge on any atom is -0.493 e. The first kappa shape index (κ1) is 21.1. The van der Waals surface area contributed by atoms with E-state index in [2.05, 4.69) is 5.32 Å². The molecule has 156 valence electrons. The molecule has 0 unspecified atom stereocenters. The number of benzene rings is 2. The Kier molecular flexibility index (Phi) is 6.76. The maximum atomic E-state index is 12.8. The van der Waals surface area contributed by atoms with Gasteiger partial charge in [0.1, 0.15) is 0 Å². The lowest BCUT2D eigenvalue weighted by Crippen LogP contribution is -2.47. The minimum absolute atomic E-state index is 0.0757. The summed E-state index contributed by atoms with van der Waals surface area (Å²) >= 11 is 0. The van der Waals surface area contributed by atoms with Gasteiger partial charge >= 0.3 is 0 Å². The molecule has 1 saturated heterocycles. The first-order chi connectivity index (χ1) is 13.9. The summed E-state index contributed by atoms with van der Waals surface area (Å²) in [6.07, 6.45) is 1.12. The van der Waals surface area contributed by atoms with Crippen LogP contribution in [0.5, 0.6) is 11.5 Å². The second-order valence-electron chi connectivity index (χ2n) is 7.00. The van der Waals surface area contributed by atoms with Gasteiger partial charge in [0, 0.05) is 19.1 Å². The Morgan fingerprint density at radius 3 is 2.31 bits per heavy atom. The normalized spacial score (nSPS) is 15.7. The topological polar surface area (TPSA) is 84.9 Å². The highest BCUT2D eigenvalue weighted by Gasteiger charge is 2.29. The second-order valence-corrected chi connectivity index (χ2v) is 8.94. The number of aryl methyl sites for hydroxylation is 1. The molecule has 2 aromatic rings. The number of piperidine rings is 1. The quantitative estimate of drug-likeness (QED) is 0.746. The lowest BCUT2D eigenvalue weighted by molar-refractivity contribution is -0.124. The van der Waals surface area contributed by atoms with E-state index in [4.69, 9.17) is 9.47 Å². The van der Waals surface area contributed by atoms with Crippen molar-refractivity contribution < 1.29 is 22.7 Å². The van der Waals surface area contributed by atoms with E-state index in [1.54, 1.807) is 49.6 Å². The number of hydrogen-bond donors (Lipinski definition) is 1. The van der Waals surface area contributed by atoms with Crippen molar-refractivity contribution in [1.82, 2.24) is 9.62 Å². The van der Waals surface area contributed by atoms with Gasteiger partial charge in [-0.2, -0.15) is 4.31 Å². The molecule has 0 radical (unpaired) electrons. The average Bonchev–Trinajstić information content (AvgIpc) is 2.73. The summed E-state index contributed by atoms with van der Waals surface area (Å²) in [5.41, 5.74) is 1.01. The fourth-order valence-electron chi connectivity index (χ4n) is 3.25. The van der Waals surface area contributed by atoms with E-state index in [1.165, 1.54) is 4.31 Å². The molecule has 1 heterocycles. The number of para-hydroxylation sites is 2. The lowest BCUT2D eigenvalue weighted by Gasteiger charge is -2.31. The molecule has 0 spiro atoms. The van der Waals surface area contributed by atoms with Crippen molar-refractivity contribution in [2.75, 3.05) is 26.8 Å². The zero-order valence-corrected chi connectivity index (χ0v) is 17.4. The van der Waals surface area contributed by atoms with E-state index in [1.807, 2.05) is 13.0 Å². The van der Waals surface area contributed by atoms with Crippen LogP contribution >= 0.6 is 0 Å². The van der Waals surface area contributed by atoms with Crippen LogP contribution in [-0.2, 0) is 14.8 Å². The van der Waals surface area contributed by atoms with Gasteiger partial charge in [-0.3, -0.25) is 4.79 Å². The first-order valence-electron chi connectivity index (χ1n) is 9.52. The van der Waals surface area contributed by atoms with Crippen LogP contribution in [0.25, 0.3) is 0 Å². The maximum absolute atomic E-state index is 12.8. The van der Waals surface area contributed by atoms with Crippen molar-refractivity contribution in [3.8, 4) is 11.5 Å². The first-order valence-corrected chi connectivity index (χ1v) is 11.0. The maximum Gasteiger partial charge on any atom is 0.258 e. The summed E-state index contributed by atoms with van der Waals surface area (Å²) in [6, 6.07) is 13.9. The van der Waals surface area contributed by atoms with Gasteiger partial charge in [0.25, 0.3) is 5.91 Å². The molecule has 3 rings (SSSR count). The summed E-state index contributed by atoms with van der Waals surface area (Å²) in [5, 5.41) is 2.92. The number of carbonyl (C=O) groups is 1. The molecule has 0 atom stereocenters. The molecule has 7 nitrogen and oxygen atoms in total. The zero-order chi connectivity index (χ0) is 20.9. The molecule has 1 aliphatic rings. The van der Waals surface area contributed by atoms with Crippen LogP contribution in [0, 0.1) is 6.92 Å². The van der Waals surface area contributed by atoms with Crippen molar-refractivity contribution >= 4 is 15.9 Å². The molecular weight excluding hydrogens is 392 g/mol. The highest BCUT2D eigenvalue weighted by atomic mass is 32.2. The van der Waals surface area contributed by atoms with Crippen LogP contribution in [0.3, 0.4) is 0 Å². The number of amides is 1. The van der Waals surface area contributed by atoms with Crippen LogP contribution in [0.1, 0.15) is 18.4 Å². The van der Waals surface area contributed by atoms with Crippen LogP contribution in [0.15, 0.2) is 53.4 Å². The number of ether oxygens (including phenoxy) is 2. The SMILES string of the molecule is COc1ccccc1OCC(=O)NC1CCN(S(=O)(=O)c2ccc(C)cc2)CC1. The number of nitrogens with zero attached hydrogens (tertiary/aromatic N) is 1. The van der Waals surface area contributed by atoms with Crippen LogP contribution in [0.4, 0.5) is 0 Å². The Morgan fingerprint density at radius 2 is 1.69 bits per heavy atom. The zero-order valence-electron chi connectivity index (χ0n) is 16.6. The fourth-order valence-corrected chi connectivity index (χ4v) is 4.72. The number of hydrogen-bond acceptors (Lipinski definition) is 5. The number of nitrogens with one attached hydrogen (secondary N) is 1. The van der Waals surface area contributed by atoms with Gasteiger partial charge in [-0.15, -0.1) is 0 Å². The third-order valence-electron chi connectivity index (χ3n) is 4.91. The Balaban J connectivity index is 1.49. The molecular formula is C21H26N2O5S. The molecule has 1 fully saturated rings. The summed E-state index contributed by atoms with van der Waals surface area (Å²) < 4.78 is 37.7. The van der Waals surface area contributed by atoms with Gasteiger partial charge in [0.05, 0.1) is 12.0 Å². The molecule has 0 bridgehead atoms. The molecule has 29 heavy (non-hydrogen) atoms. The van der Waals surface area contributed by atoms with E-state index in [-0.39, 0.29) is 18.6 Å². The van der Waals surface area contributed by atoms with Crippen LogP contribution in [-0.4, -0.2) is 51.5 Å². The van der Waals surface area contributed by atoms with Gasteiger partial charge in [-0.1, -0.05) is 29.8 Å². The highest BCUT2D eigenvalue weighted by Crippen LogP contribution is 2.25. The van der Waals surface area contributed by atoms with Crippen molar-refractivity contribution in [3.63, 3.8) is 0 Å². The third-order valence-corrected chi connectivity index (χ3v) is 6.82. The van der Waals surface area contributed by atoms with E-state index in [0.717, 1.165) is 5.56 Å². The van der Waals surface area contributed by atoms with E-state index in [9.17, 15) is 13.2 Å². The summed E-state index contributed by atoms with van der Waals surface area (Å²) in [6.45, 7) is 2.54. The summed E-state index contributed by atoms with van der Waals surface area (Å²) in [4.78, 5) is 12.5. The Bertz CT molecular complexity index is 936. The molecule has 0 aliphatic carbocycles. The van der Waals surface area contributed by atoms with Gasteiger partial charge in [-0.05, 0) is 44.0 Å². The molecule has 2 aromatic carbocycles. The molecule has 0 aromatic heterocycles. The number of sulfonamides is 1. The van der Waals surface area contributed by atoms with Crippen LogP contribution in [0.2, 0.25) is 0 Å². The third kappa shape index (κ3) is 5.27. The second kappa shape index (κ2) is 9.28. The highest BCUT2D eigenvalue weighted by molar-refractivity contribution is 7.89. The van der Waals surface area contributed by atoms with Gasteiger partial charge in [-0.25, -0.2) is 8.42 Å². The molecule has 1 amide bonds. The number of rotatable bonds is 7. The molecule has 1 N–H and O–H groups in total. The van der Waals surface area contributed by atoms with Crippen molar-refractivity contribution in [3.05, 3.63) is 54.1 Å². The van der Waals surface area contributed by atoms with Crippen molar-refractivity contribution in [2.24, 2.45) is 0 Å². The van der Waals surface area contributed by atoms with Crippen LogP contribution < -0.4 is 14.8 Å². The van der Waals surface area contributed by atoms with Gasteiger partial charge in [0.2, 0.25) is 10.0 Å². The summed E-state index contributed by atoms with van der Waals surface area (Å²) in [5.74, 6) is 0.829. The minimum atomic E-state index is -3.50. The van der Waals surface area contributed by atoms with Crippen molar-refractivity contribution in [1.29, 1.82) is 0 Å². The Morgan fingerprint density at radius 1 is 1.07 bits per heavy atom. The van der Waals surface area contributed by atoms with Gasteiger partial charge in [0.15, 0.2) is 18.1 Å². The van der Waals surface area contributed by atoms with E-state index < -0.39 is 10.0 Å². The molecule has 1 aliphatic heterocycles. The smallest absolute Gasteiger partial charge is 0.258 e. The molecule has 8 heteroatoms. The lowest BCUT2D eigenvalue weighted by atomic mass is 10.1. The Labute approximate surface area is 171 Å². The summed E-state index contributed by atoms with van der Waals surface area (Å²) in [7, 11) is -1.96. The van der Waals surface area contributed by atoms with E-state index >= 15 is 0 Å². The predicted molar refractivity (Wildman–Crippen MR) is 110 cm³/mol. The number of methoxy groups -OCH3 is 1. The van der Waals surface area contributed by atoms with Crippen molar-refractivity contribution in [2.45, 2.75) is 30.7 Å². The standard InChI is InChI=1S/C21H26N2O5S/c1-16-7-9-18(10-8-16)29(25,26)23-13-11-17(12-14-23)22-21(24)15-28-20-6-4-3-5-19(20)27-2/h3-10,17H,11-15H2,1-2H3,(H,22,24). The molecule has 0 saturated carbocycles. The predicted octanol–water partition coefficient (Wildman–Crippen LogP) is 2.35. The average molecular weight is 419 g/mol. The van der Waals surface area contributed by atoms with Gasteiger partial charge < -0.3 is 14.8 Å². The largest absolute Gasteiger partial charge is 0.493 e. The fraction of sp³-hybridized carbons (Fsp3) is 0.381. The Hall–Kier alpha value is -2.58.